The molecule has 0 aliphatic carbocycles. The molecule has 1 aliphatic rings. The molecule has 0 bridgehead atoms. The first-order chi connectivity index (χ1) is 13.1. The second kappa shape index (κ2) is 6.79. The molecule has 0 amide bonds. The third-order valence-electron chi connectivity index (χ3n) is 4.83. The molecular formula is C21H20N2O4. The van der Waals surface area contributed by atoms with Crippen LogP contribution in [0.4, 0.5) is 0 Å². The first-order valence-corrected chi connectivity index (χ1v) is 8.66. The van der Waals surface area contributed by atoms with Gasteiger partial charge in [0.1, 0.15) is 11.6 Å². The van der Waals surface area contributed by atoms with E-state index in [1.54, 1.807) is 27.4 Å². The first-order valence-electron chi connectivity index (χ1n) is 8.66. The highest BCUT2D eigenvalue weighted by atomic mass is 16.5. The van der Waals surface area contributed by atoms with Crippen LogP contribution >= 0.6 is 0 Å². The summed E-state index contributed by atoms with van der Waals surface area (Å²) in [5, 5.41) is 0.530. The van der Waals surface area contributed by atoms with E-state index in [2.05, 4.69) is 15.6 Å². The van der Waals surface area contributed by atoms with E-state index in [0.717, 1.165) is 35.4 Å². The lowest BCUT2D eigenvalue weighted by Crippen LogP contribution is -2.14. The lowest BCUT2D eigenvalue weighted by atomic mass is 10.1. The molecule has 0 atom stereocenters. The minimum absolute atomic E-state index is 0.264. The van der Waals surface area contributed by atoms with Gasteiger partial charge in [-0.3, -0.25) is 4.79 Å². The Bertz CT molecular complexity index is 1100. The van der Waals surface area contributed by atoms with Crippen LogP contribution in [0.3, 0.4) is 0 Å². The quantitative estimate of drug-likeness (QED) is 0.710. The zero-order chi connectivity index (χ0) is 19.0. The molecule has 2 aromatic carbocycles. The minimum Gasteiger partial charge on any atom is -0.497 e. The molecule has 0 fully saturated rings. The highest BCUT2D eigenvalue weighted by molar-refractivity contribution is 5.87. The summed E-state index contributed by atoms with van der Waals surface area (Å²) in [6, 6.07) is 11.3. The Hall–Kier alpha value is -3.28. The lowest BCUT2D eigenvalue weighted by Gasteiger charge is -2.12. The molecule has 0 saturated carbocycles. The van der Waals surface area contributed by atoms with Gasteiger partial charge in [0.2, 0.25) is 0 Å². The van der Waals surface area contributed by atoms with Crippen LogP contribution in [-0.2, 0) is 6.54 Å². The monoisotopic (exact) mass is 364 g/mol. The summed E-state index contributed by atoms with van der Waals surface area (Å²) >= 11 is 0. The van der Waals surface area contributed by atoms with Crippen molar-refractivity contribution in [3.63, 3.8) is 0 Å². The zero-order valence-corrected chi connectivity index (χ0v) is 15.5. The van der Waals surface area contributed by atoms with Crippen LogP contribution in [0.25, 0.3) is 22.6 Å². The van der Waals surface area contributed by atoms with Crippen LogP contribution in [0.1, 0.15) is 17.8 Å². The molecule has 0 saturated heterocycles. The number of hydrogen-bond acceptors (Lipinski definition) is 5. The third kappa shape index (κ3) is 2.93. The highest BCUT2D eigenvalue weighted by Crippen LogP contribution is 2.35. The van der Waals surface area contributed by atoms with Gasteiger partial charge >= 0.3 is 0 Å². The normalized spacial score (nSPS) is 14.4. The number of nitrogens with zero attached hydrogens (tertiary/aromatic N) is 2. The largest absolute Gasteiger partial charge is 0.497 e. The molecular weight excluding hydrogens is 344 g/mol. The van der Waals surface area contributed by atoms with Gasteiger partial charge in [-0.2, -0.15) is 4.98 Å². The molecule has 27 heavy (non-hydrogen) atoms. The van der Waals surface area contributed by atoms with Crippen LogP contribution < -0.4 is 19.8 Å². The maximum atomic E-state index is 12.6. The van der Waals surface area contributed by atoms with E-state index in [1.165, 1.54) is 0 Å². The fourth-order valence-corrected chi connectivity index (χ4v) is 3.45. The number of aryl methyl sites for hydroxylation is 1. The molecule has 3 aromatic rings. The average Bonchev–Trinajstić information content (AvgIpc) is 3.10. The predicted octanol–water partition coefficient (Wildman–Crippen LogP) is 3.37. The maximum absolute atomic E-state index is 12.6. The smallest absolute Gasteiger partial charge is 0.281 e. The van der Waals surface area contributed by atoms with Crippen LogP contribution in [0.2, 0.25) is 0 Å². The fourth-order valence-electron chi connectivity index (χ4n) is 3.45. The summed E-state index contributed by atoms with van der Waals surface area (Å²) in [6.07, 6.45) is 2.88. The predicted molar refractivity (Wildman–Crippen MR) is 105 cm³/mol. The molecule has 0 unspecified atom stereocenters. The van der Waals surface area contributed by atoms with E-state index < -0.39 is 0 Å². The van der Waals surface area contributed by atoms with Crippen molar-refractivity contribution in [2.24, 2.45) is 0 Å². The van der Waals surface area contributed by atoms with Crippen molar-refractivity contribution in [3.05, 3.63) is 58.1 Å². The zero-order valence-electron chi connectivity index (χ0n) is 15.5. The number of benzene rings is 2. The molecule has 1 aromatic heterocycles. The van der Waals surface area contributed by atoms with Crippen LogP contribution in [0.15, 0.2) is 41.2 Å². The molecule has 0 N–H and O–H groups in total. The SMILES string of the molecule is COc1ccc(/C=C2/CCn3c2nc(=O)c2cc(OC)c(OC)cc23)cc1. The van der Waals surface area contributed by atoms with Gasteiger partial charge < -0.3 is 18.8 Å². The van der Waals surface area contributed by atoms with E-state index in [0.29, 0.717) is 22.7 Å². The number of allylic oxidation sites excluding steroid dienone is 1. The summed E-state index contributed by atoms with van der Waals surface area (Å²) in [5.41, 5.74) is 2.62. The maximum Gasteiger partial charge on any atom is 0.281 e. The Labute approximate surface area is 156 Å². The van der Waals surface area contributed by atoms with E-state index in [-0.39, 0.29) is 5.56 Å². The summed E-state index contributed by atoms with van der Waals surface area (Å²) in [5.74, 6) is 2.63. The van der Waals surface area contributed by atoms with Crippen molar-refractivity contribution in [1.82, 2.24) is 9.55 Å². The molecule has 0 radical (unpaired) electrons. The summed E-state index contributed by atoms with van der Waals surface area (Å²) < 4.78 is 18.0. The van der Waals surface area contributed by atoms with Crippen LogP contribution in [-0.4, -0.2) is 30.9 Å². The molecule has 4 rings (SSSR count). The third-order valence-corrected chi connectivity index (χ3v) is 4.83. The number of hydrogen-bond donors (Lipinski definition) is 0. The Kier molecular flexibility index (Phi) is 4.32. The molecule has 6 heteroatoms. The topological polar surface area (TPSA) is 62.6 Å². The van der Waals surface area contributed by atoms with Gasteiger partial charge in [-0.05, 0) is 41.8 Å². The van der Waals surface area contributed by atoms with E-state index >= 15 is 0 Å². The summed E-state index contributed by atoms with van der Waals surface area (Å²) in [6.45, 7) is 0.761. The summed E-state index contributed by atoms with van der Waals surface area (Å²) in [4.78, 5) is 17.0. The van der Waals surface area contributed by atoms with Crippen molar-refractivity contribution in [3.8, 4) is 17.2 Å². The second-order valence-corrected chi connectivity index (χ2v) is 6.31. The Balaban J connectivity index is 1.85. The van der Waals surface area contributed by atoms with Crippen LogP contribution in [0.5, 0.6) is 17.2 Å². The fraction of sp³-hybridized carbons (Fsp3) is 0.238. The lowest BCUT2D eigenvalue weighted by molar-refractivity contribution is 0.355. The van der Waals surface area contributed by atoms with Gasteiger partial charge in [0, 0.05) is 12.6 Å². The molecule has 6 nitrogen and oxygen atoms in total. The van der Waals surface area contributed by atoms with Gasteiger partial charge in [0.05, 0.1) is 32.2 Å². The van der Waals surface area contributed by atoms with E-state index in [4.69, 9.17) is 14.2 Å². The van der Waals surface area contributed by atoms with Gasteiger partial charge in [-0.25, -0.2) is 0 Å². The molecule has 0 spiro atoms. The van der Waals surface area contributed by atoms with Crippen molar-refractivity contribution in [2.75, 3.05) is 21.3 Å². The number of fused-ring (bicyclic) bond motifs is 3. The Morgan fingerprint density at radius 1 is 1.00 bits per heavy atom. The Morgan fingerprint density at radius 3 is 2.37 bits per heavy atom. The second-order valence-electron chi connectivity index (χ2n) is 6.31. The van der Waals surface area contributed by atoms with Gasteiger partial charge in [0.15, 0.2) is 11.5 Å². The summed E-state index contributed by atoms with van der Waals surface area (Å²) in [7, 11) is 4.78. The van der Waals surface area contributed by atoms with Gasteiger partial charge in [-0.1, -0.05) is 12.1 Å². The standard InChI is InChI=1S/C21H20N2O4/c1-25-15-6-4-13(5-7-15)10-14-8-9-23-17-12-19(27-3)18(26-2)11-16(17)21(24)22-20(14)23/h4-7,10-12H,8-9H2,1-3H3/b14-10-. The average molecular weight is 364 g/mol. The molecule has 138 valence electrons. The van der Waals surface area contributed by atoms with Crippen molar-refractivity contribution < 1.29 is 14.2 Å². The van der Waals surface area contributed by atoms with Crippen molar-refractivity contribution in [2.45, 2.75) is 13.0 Å². The highest BCUT2D eigenvalue weighted by Gasteiger charge is 2.22. The van der Waals surface area contributed by atoms with Gasteiger partial charge in [-0.15, -0.1) is 0 Å². The number of ether oxygens (including phenoxy) is 3. The minimum atomic E-state index is -0.264. The number of methoxy groups -OCH3 is 3. The van der Waals surface area contributed by atoms with Crippen molar-refractivity contribution >= 4 is 22.6 Å². The van der Waals surface area contributed by atoms with E-state index in [1.807, 2.05) is 30.3 Å². The Morgan fingerprint density at radius 2 is 1.70 bits per heavy atom. The number of aromatic nitrogens is 2. The van der Waals surface area contributed by atoms with Crippen LogP contribution in [0, 0.1) is 0 Å². The number of rotatable bonds is 4. The van der Waals surface area contributed by atoms with Crippen molar-refractivity contribution in [1.29, 1.82) is 0 Å². The van der Waals surface area contributed by atoms with Gasteiger partial charge in [0.25, 0.3) is 5.56 Å². The molecule has 2 heterocycles. The molecule has 1 aliphatic heterocycles. The first kappa shape index (κ1) is 17.1. The van der Waals surface area contributed by atoms with E-state index in [9.17, 15) is 4.79 Å².